The molecule has 22 heavy (non-hydrogen) atoms. The normalized spacial score (nSPS) is 16.0. The van der Waals surface area contributed by atoms with Crippen molar-refractivity contribution >= 4 is 21.5 Å². The molecule has 0 amide bonds. The van der Waals surface area contributed by atoms with Crippen molar-refractivity contribution in [2.24, 2.45) is 5.73 Å². The highest BCUT2D eigenvalue weighted by atomic mass is 14.7. The first-order chi connectivity index (χ1) is 10.9. The largest absolute Gasteiger partial charge is 0.320 e. The number of benzene rings is 4. The maximum atomic E-state index is 6.62. The summed E-state index contributed by atoms with van der Waals surface area (Å²) in [5, 5.41) is 5.18. The average molecular weight is 281 g/mol. The summed E-state index contributed by atoms with van der Waals surface area (Å²) in [6, 6.07) is 25.8. The molecule has 0 fully saturated rings. The Morgan fingerprint density at radius 1 is 0.591 bits per heavy atom. The SMILES string of the molecule is NC1c2ccccc2-c2c1c1ccccc1c1ccccc21. The van der Waals surface area contributed by atoms with Crippen molar-refractivity contribution in [1.82, 2.24) is 0 Å². The molecule has 0 bridgehead atoms. The minimum atomic E-state index is -0.0410. The predicted molar refractivity (Wildman–Crippen MR) is 92.9 cm³/mol. The maximum absolute atomic E-state index is 6.62. The molecule has 0 heterocycles. The van der Waals surface area contributed by atoms with Crippen molar-refractivity contribution in [2.75, 3.05) is 0 Å². The minimum absolute atomic E-state index is 0.0410. The van der Waals surface area contributed by atoms with Gasteiger partial charge in [-0.05, 0) is 43.8 Å². The van der Waals surface area contributed by atoms with Crippen molar-refractivity contribution in [3.05, 3.63) is 83.9 Å². The van der Waals surface area contributed by atoms with Crippen LogP contribution in [-0.2, 0) is 0 Å². The van der Waals surface area contributed by atoms with Crippen LogP contribution in [0.15, 0.2) is 72.8 Å². The third kappa shape index (κ3) is 1.36. The lowest BCUT2D eigenvalue weighted by Gasteiger charge is -2.14. The van der Waals surface area contributed by atoms with E-state index >= 15 is 0 Å². The van der Waals surface area contributed by atoms with Crippen LogP contribution in [0.4, 0.5) is 0 Å². The van der Waals surface area contributed by atoms with E-state index in [1.165, 1.54) is 43.8 Å². The first kappa shape index (κ1) is 12.0. The molecule has 0 spiro atoms. The van der Waals surface area contributed by atoms with E-state index in [9.17, 15) is 0 Å². The molecular formula is C21H15N. The first-order valence-corrected chi connectivity index (χ1v) is 7.64. The molecular weight excluding hydrogens is 266 g/mol. The first-order valence-electron chi connectivity index (χ1n) is 7.64. The Morgan fingerprint density at radius 3 is 1.91 bits per heavy atom. The van der Waals surface area contributed by atoms with Gasteiger partial charge in [0.1, 0.15) is 0 Å². The van der Waals surface area contributed by atoms with Crippen LogP contribution in [0.2, 0.25) is 0 Å². The summed E-state index contributed by atoms with van der Waals surface area (Å²) in [4.78, 5) is 0. The van der Waals surface area contributed by atoms with Gasteiger partial charge in [0.2, 0.25) is 0 Å². The van der Waals surface area contributed by atoms with E-state index in [4.69, 9.17) is 5.73 Å². The summed E-state index contributed by atoms with van der Waals surface area (Å²) < 4.78 is 0. The topological polar surface area (TPSA) is 26.0 Å². The molecule has 1 aliphatic carbocycles. The second-order valence-corrected chi connectivity index (χ2v) is 5.94. The van der Waals surface area contributed by atoms with Gasteiger partial charge in [-0.25, -0.2) is 0 Å². The number of hydrogen-bond acceptors (Lipinski definition) is 1. The van der Waals surface area contributed by atoms with Gasteiger partial charge in [-0.1, -0.05) is 72.8 Å². The fourth-order valence-corrected chi connectivity index (χ4v) is 3.93. The van der Waals surface area contributed by atoms with Crippen LogP contribution in [0.1, 0.15) is 17.2 Å². The smallest absolute Gasteiger partial charge is 0.0570 e. The van der Waals surface area contributed by atoms with E-state index in [0.29, 0.717) is 0 Å². The Labute approximate surface area is 129 Å². The lowest BCUT2D eigenvalue weighted by atomic mass is 9.91. The van der Waals surface area contributed by atoms with Crippen LogP contribution >= 0.6 is 0 Å². The van der Waals surface area contributed by atoms with Gasteiger partial charge in [-0.2, -0.15) is 0 Å². The molecule has 0 radical (unpaired) electrons. The van der Waals surface area contributed by atoms with Crippen molar-refractivity contribution in [2.45, 2.75) is 6.04 Å². The Bertz CT molecular complexity index is 1050. The van der Waals surface area contributed by atoms with Crippen LogP contribution in [0, 0.1) is 0 Å². The molecule has 4 aromatic rings. The van der Waals surface area contributed by atoms with Gasteiger partial charge in [0.05, 0.1) is 6.04 Å². The summed E-state index contributed by atoms with van der Waals surface area (Å²) in [5.74, 6) is 0. The van der Waals surface area contributed by atoms with Crippen LogP contribution in [-0.4, -0.2) is 0 Å². The fourth-order valence-electron chi connectivity index (χ4n) is 3.93. The standard InChI is InChI=1S/C21H15N/c22-21-18-12-6-5-11-17(18)19-15-9-3-1-7-13(15)14-8-2-4-10-16(14)20(19)21/h1-12,21H,22H2. The van der Waals surface area contributed by atoms with E-state index in [0.717, 1.165) is 0 Å². The molecule has 1 heteroatoms. The van der Waals surface area contributed by atoms with E-state index in [1.54, 1.807) is 0 Å². The quantitative estimate of drug-likeness (QED) is 0.450. The predicted octanol–water partition coefficient (Wildman–Crippen LogP) is 5.02. The molecule has 0 aromatic heterocycles. The molecule has 0 aliphatic heterocycles. The molecule has 1 aliphatic rings. The van der Waals surface area contributed by atoms with Crippen LogP contribution in [0.25, 0.3) is 32.7 Å². The molecule has 4 aromatic carbocycles. The van der Waals surface area contributed by atoms with E-state index < -0.39 is 0 Å². The molecule has 1 unspecified atom stereocenters. The van der Waals surface area contributed by atoms with Crippen molar-refractivity contribution in [1.29, 1.82) is 0 Å². The molecule has 0 saturated carbocycles. The Morgan fingerprint density at radius 2 is 1.14 bits per heavy atom. The third-order valence-corrected chi connectivity index (χ3v) is 4.85. The molecule has 2 N–H and O–H groups in total. The molecule has 1 nitrogen and oxygen atoms in total. The Kier molecular flexibility index (Phi) is 2.28. The van der Waals surface area contributed by atoms with Crippen LogP contribution in [0.5, 0.6) is 0 Å². The van der Waals surface area contributed by atoms with Crippen molar-refractivity contribution in [3.8, 4) is 11.1 Å². The highest BCUT2D eigenvalue weighted by molar-refractivity contribution is 6.17. The third-order valence-electron chi connectivity index (χ3n) is 4.85. The van der Waals surface area contributed by atoms with Gasteiger partial charge < -0.3 is 5.73 Å². The second-order valence-electron chi connectivity index (χ2n) is 5.94. The Hall–Kier alpha value is -2.64. The van der Waals surface area contributed by atoms with Gasteiger partial charge in [0.15, 0.2) is 0 Å². The number of fused-ring (bicyclic) bond motifs is 8. The van der Waals surface area contributed by atoms with Crippen molar-refractivity contribution in [3.63, 3.8) is 0 Å². The Balaban J connectivity index is 2.10. The van der Waals surface area contributed by atoms with Gasteiger partial charge in [0.25, 0.3) is 0 Å². The van der Waals surface area contributed by atoms with E-state index in [2.05, 4.69) is 72.8 Å². The summed E-state index contributed by atoms with van der Waals surface area (Å²) >= 11 is 0. The van der Waals surface area contributed by atoms with Crippen molar-refractivity contribution < 1.29 is 0 Å². The minimum Gasteiger partial charge on any atom is -0.320 e. The van der Waals surface area contributed by atoms with E-state index in [-0.39, 0.29) is 6.04 Å². The molecule has 104 valence electrons. The fraction of sp³-hybridized carbons (Fsp3) is 0.0476. The number of rotatable bonds is 0. The van der Waals surface area contributed by atoms with Gasteiger partial charge >= 0.3 is 0 Å². The van der Waals surface area contributed by atoms with Gasteiger partial charge in [-0.15, -0.1) is 0 Å². The lowest BCUT2D eigenvalue weighted by Crippen LogP contribution is -2.08. The zero-order valence-corrected chi connectivity index (χ0v) is 12.1. The molecule has 5 rings (SSSR count). The molecule has 0 saturated heterocycles. The summed E-state index contributed by atoms with van der Waals surface area (Å²) in [6.45, 7) is 0. The zero-order chi connectivity index (χ0) is 14.7. The zero-order valence-electron chi connectivity index (χ0n) is 12.1. The average Bonchev–Trinajstić information content (AvgIpc) is 2.89. The monoisotopic (exact) mass is 281 g/mol. The van der Waals surface area contributed by atoms with Crippen LogP contribution in [0.3, 0.4) is 0 Å². The summed E-state index contributed by atoms with van der Waals surface area (Å²) in [5.41, 5.74) is 11.7. The highest BCUT2D eigenvalue weighted by Gasteiger charge is 2.29. The van der Waals surface area contributed by atoms with E-state index in [1.807, 2.05) is 0 Å². The highest BCUT2D eigenvalue weighted by Crippen LogP contribution is 2.49. The van der Waals surface area contributed by atoms with Crippen LogP contribution < -0.4 is 5.73 Å². The lowest BCUT2D eigenvalue weighted by molar-refractivity contribution is 0.910. The maximum Gasteiger partial charge on any atom is 0.0570 e. The molecule has 1 atom stereocenters. The number of hydrogen-bond donors (Lipinski definition) is 1. The summed E-state index contributed by atoms with van der Waals surface area (Å²) in [6.07, 6.45) is 0. The summed E-state index contributed by atoms with van der Waals surface area (Å²) in [7, 11) is 0. The van der Waals surface area contributed by atoms with Gasteiger partial charge in [-0.3, -0.25) is 0 Å². The van der Waals surface area contributed by atoms with Gasteiger partial charge in [0, 0.05) is 0 Å². The second kappa shape index (κ2) is 4.19. The number of nitrogens with two attached hydrogens (primary N) is 1.